The third-order valence-electron chi connectivity index (χ3n) is 4.81. The number of hydrogen-bond donors (Lipinski definition) is 0. The molecule has 1 aromatic heterocycles. The summed E-state index contributed by atoms with van der Waals surface area (Å²) in [7, 11) is 0. The van der Waals surface area contributed by atoms with Crippen molar-refractivity contribution in [2.24, 2.45) is 0 Å². The SMILES string of the molecule is C#CCN(Cc1nc(-c2cccc(F)c2F)oc1C)C1CCCCC1. The van der Waals surface area contributed by atoms with E-state index in [2.05, 4.69) is 15.8 Å². The Balaban J connectivity index is 1.84. The zero-order valence-electron chi connectivity index (χ0n) is 14.4. The Kier molecular flexibility index (Phi) is 5.50. The van der Waals surface area contributed by atoms with E-state index in [4.69, 9.17) is 10.8 Å². The molecule has 3 nitrogen and oxygen atoms in total. The summed E-state index contributed by atoms with van der Waals surface area (Å²) in [5.41, 5.74) is 0.759. The molecule has 25 heavy (non-hydrogen) atoms. The van der Waals surface area contributed by atoms with Gasteiger partial charge in [-0.25, -0.2) is 13.8 Å². The zero-order valence-corrected chi connectivity index (χ0v) is 14.4. The lowest BCUT2D eigenvalue weighted by molar-refractivity contribution is 0.165. The molecule has 1 fully saturated rings. The van der Waals surface area contributed by atoms with E-state index in [0.717, 1.165) is 24.6 Å². The van der Waals surface area contributed by atoms with Gasteiger partial charge in [0.1, 0.15) is 5.76 Å². The van der Waals surface area contributed by atoms with Crippen LogP contribution in [0.2, 0.25) is 0 Å². The average Bonchev–Trinajstić information content (AvgIpc) is 2.98. The molecule has 0 aliphatic heterocycles. The fourth-order valence-electron chi connectivity index (χ4n) is 3.43. The van der Waals surface area contributed by atoms with Crippen molar-refractivity contribution in [2.45, 2.75) is 51.6 Å². The summed E-state index contributed by atoms with van der Waals surface area (Å²) in [6.45, 7) is 2.89. The summed E-state index contributed by atoms with van der Waals surface area (Å²) in [5, 5.41) is 0. The Morgan fingerprint density at radius 2 is 2.04 bits per heavy atom. The molecule has 1 aliphatic carbocycles. The first-order chi connectivity index (χ1) is 12.1. The number of benzene rings is 1. The molecule has 1 aliphatic rings. The molecule has 0 bridgehead atoms. The maximum absolute atomic E-state index is 14.0. The van der Waals surface area contributed by atoms with E-state index in [9.17, 15) is 8.78 Å². The average molecular weight is 344 g/mol. The van der Waals surface area contributed by atoms with Gasteiger partial charge in [-0.05, 0) is 31.9 Å². The van der Waals surface area contributed by atoms with Crippen LogP contribution >= 0.6 is 0 Å². The highest BCUT2D eigenvalue weighted by atomic mass is 19.2. The Morgan fingerprint density at radius 1 is 1.28 bits per heavy atom. The number of nitrogens with zero attached hydrogens (tertiary/aromatic N) is 2. The third kappa shape index (κ3) is 3.91. The highest BCUT2D eigenvalue weighted by molar-refractivity contribution is 5.54. The van der Waals surface area contributed by atoms with Gasteiger partial charge in [0.05, 0.1) is 17.8 Å². The lowest BCUT2D eigenvalue weighted by Gasteiger charge is -2.32. The van der Waals surface area contributed by atoms with Crippen LogP contribution in [0.5, 0.6) is 0 Å². The van der Waals surface area contributed by atoms with E-state index in [0.29, 0.717) is 24.9 Å². The molecule has 132 valence electrons. The van der Waals surface area contributed by atoms with E-state index in [1.807, 2.05) is 0 Å². The minimum Gasteiger partial charge on any atom is -0.441 e. The van der Waals surface area contributed by atoms with Crippen molar-refractivity contribution in [3.63, 3.8) is 0 Å². The minimum atomic E-state index is -0.942. The summed E-state index contributed by atoms with van der Waals surface area (Å²) < 4.78 is 33.0. The van der Waals surface area contributed by atoms with Gasteiger partial charge in [-0.3, -0.25) is 4.90 Å². The molecule has 1 heterocycles. The van der Waals surface area contributed by atoms with Crippen LogP contribution in [0.3, 0.4) is 0 Å². The Morgan fingerprint density at radius 3 is 2.76 bits per heavy atom. The molecule has 0 unspecified atom stereocenters. The normalized spacial score (nSPS) is 15.5. The zero-order chi connectivity index (χ0) is 17.8. The van der Waals surface area contributed by atoms with Crippen molar-refractivity contribution >= 4 is 0 Å². The van der Waals surface area contributed by atoms with Crippen molar-refractivity contribution in [3.8, 4) is 23.8 Å². The second-order valence-electron chi connectivity index (χ2n) is 6.52. The number of aryl methyl sites for hydroxylation is 1. The van der Waals surface area contributed by atoms with E-state index in [1.54, 1.807) is 6.92 Å². The molecule has 0 spiro atoms. The Bertz CT molecular complexity index is 772. The van der Waals surface area contributed by atoms with Gasteiger partial charge >= 0.3 is 0 Å². The van der Waals surface area contributed by atoms with E-state index in [-0.39, 0.29) is 11.5 Å². The van der Waals surface area contributed by atoms with Gasteiger partial charge in [0.25, 0.3) is 0 Å². The van der Waals surface area contributed by atoms with Crippen molar-refractivity contribution < 1.29 is 13.2 Å². The smallest absolute Gasteiger partial charge is 0.229 e. The van der Waals surface area contributed by atoms with Crippen molar-refractivity contribution in [2.75, 3.05) is 6.54 Å². The molecule has 0 radical (unpaired) electrons. The standard InChI is InChI=1S/C20H22F2N2O/c1-3-12-24(15-8-5-4-6-9-15)13-18-14(2)25-20(23-18)16-10-7-11-17(21)19(16)22/h1,7,10-11,15H,4-6,8-9,12-13H2,2H3. The van der Waals surface area contributed by atoms with Gasteiger partial charge in [-0.15, -0.1) is 6.42 Å². The van der Waals surface area contributed by atoms with Crippen LogP contribution in [0, 0.1) is 30.9 Å². The molecule has 5 heteroatoms. The van der Waals surface area contributed by atoms with Crippen LogP contribution in [0.15, 0.2) is 22.6 Å². The van der Waals surface area contributed by atoms with Crippen LogP contribution < -0.4 is 0 Å². The van der Waals surface area contributed by atoms with Crippen molar-refractivity contribution in [1.82, 2.24) is 9.88 Å². The first-order valence-corrected chi connectivity index (χ1v) is 8.68. The first kappa shape index (κ1) is 17.6. The Labute approximate surface area is 147 Å². The number of oxazole rings is 1. The van der Waals surface area contributed by atoms with E-state index >= 15 is 0 Å². The van der Waals surface area contributed by atoms with Gasteiger partial charge in [-0.1, -0.05) is 31.2 Å². The second-order valence-corrected chi connectivity index (χ2v) is 6.52. The quantitative estimate of drug-likeness (QED) is 0.737. The number of terminal acetylenes is 1. The van der Waals surface area contributed by atoms with Crippen molar-refractivity contribution in [1.29, 1.82) is 0 Å². The maximum atomic E-state index is 14.0. The summed E-state index contributed by atoms with van der Waals surface area (Å²) in [6, 6.07) is 4.43. The number of hydrogen-bond acceptors (Lipinski definition) is 3. The molecule has 1 saturated carbocycles. The summed E-state index contributed by atoms with van der Waals surface area (Å²) in [5.74, 6) is 1.58. The molecule has 0 atom stereocenters. The molecular weight excluding hydrogens is 322 g/mol. The molecule has 3 rings (SSSR count). The first-order valence-electron chi connectivity index (χ1n) is 8.68. The minimum absolute atomic E-state index is 0.0375. The summed E-state index contributed by atoms with van der Waals surface area (Å²) in [6.07, 6.45) is 11.5. The number of halogens is 2. The van der Waals surface area contributed by atoms with Crippen LogP contribution in [-0.4, -0.2) is 22.5 Å². The van der Waals surface area contributed by atoms with Gasteiger partial charge in [0.2, 0.25) is 5.89 Å². The van der Waals surface area contributed by atoms with Crippen molar-refractivity contribution in [3.05, 3.63) is 41.3 Å². The highest BCUT2D eigenvalue weighted by Gasteiger charge is 2.24. The third-order valence-corrected chi connectivity index (χ3v) is 4.81. The topological polar surface area (TPSA) is 29.3 Å². The molecular formula is C20H22F2N2O. The van der Waals surface area contributed by atoms with Gasteiger partial charge in [-0.2, -0.15) is 0 Å². The van der Waals surface area contributed by atoms with Gasteiger partial charge in [0, 0.05) is 12.6 Å². The molecule has 0 amide bonds. The summed E-state index contributed by atoms with van der Waals surface area (Å²) >= 11 is 0. The predicted molar refractivity (Wildman–Crippen MR) is 92.7 cm³/mol. The van der Waals surface area contributed by atoms with Crippen LogP contribution in [0.4, 0.5) is 8.78 Å². The van der Waals surface area contributed by atoms with Crippen LogP contribution in [0.25, 0.3) is 11.5 Å². The monoisotopic (exact) mass is 344 g/mol. The van der Waals surface area contributed by atoms with Crippen LogP contribution in [0.1, 0.15) is 43.6 Å². The maximum Gasteiger partial charge on any atom is 0.229 e. The van der Waals surface area contributed by atoms with Crippen LogP contribution in [-0.2, 0) is 6.54 Å². The van der Waals surface area contributed by atoms with E-state index < -0.39 is 11.6 Å². The largest absolute Gasteiger partial charge is 0.441 e. The molecule has 1 aromatic carbocycles. The van der Waals surface area contributed by atoms with Gasteiger partial charge < -0.3 is 4.42 Å². The lowest BCUT2D eigenvalue weighted by Crippen LogP contribution is -2.36. The summed E-state index contributed by atoms with van der Waals surface area (Å²) in [4.78, 5) is 6.65. The molecule has 0 N–H and O–H groups in total. The second kappa shape index (κ2) is 7.79. The van der Waals surface area contributed by atoms with Gasteiger partial charge in [0.15, 0.2) is 11.6 Å². The number of rotatable bonds is 5. The fourth-order valence-corrected chi connectivity index (χ4v) is 3.43. The highest BCUT2D eigenvalue weighted by Crippen LogP contribution is 2.28. The molecule has 0 saturated heterocycles. The van der Waals surface area contributed by atoms with E-state index in [1.165, 1.54) is 31.4 Å². The molecule has 2 aromatic rings. The number of aromatic nitrogens is 1. The predicted octanol–water partition coefficient (Wildman–Crippen LogP) is 4.70. The Hall–Kier alpha value is -2.19. The fraction of sp³-hybridized carbons (Fsp3) is 0.450. The lowest BCUT2D eigenvalue weighted by atomic mass is 9.94.